The fourth-order valence-corrected chi connectivity index (χ4v) is 4.48. The van der Waals surface area contributed by atoms with Gasteiger partial charge >= 0.3 is 0 Å². The van der Waals surface area contributed by atoms with Gasteiger partial charge in [-0.05, 0) is 61.0 Å². The van der Waals surface area contributed by atoms with Crippen LogP contribution in [-0.2, 0) is 11.3 Å². The van der Waals surface area contributed by atoms with E-state index in [1.165, 1.54) is 4.90 Å². The van der Waals surface area contributed by atoms with E-state index in [9.17, 15) is 14.4 Å². The molecular weight excluding hydrogens is 458 g/mol. The monoisotopic (exact) mass is 485 g/mol. The molecule has 0 aliphatic carbocycles. The largest absolute Gasteiger partial charge is 0.493 e. The Kier molecular flexibility index (Phi) is 6.69. The average molecular weight is 486 g/mol. The number of rotatable bonds is 7. The number of carbonyl (C=O) groups excluding carboxylic acids is 3. The summed E-state index contributed by atoms with van der Waals surface area (Å²) in [7, 11) is 0. The van der Waals surface area contributed by atoms with Crippen LogP contribution in [-0.4, -0.2) is 55.5 Å². The van der Waals surface area contributed by atoms with Gasteiger partial charge in [0.05, 0.1) is 43.1 Å². The normalized spacial score (nSPS) is 15.1. The summed E-state index contributed by atoms with van der Waals surface area (Å²) in [5.74, 6) is -0.570. The Labute approximate surface area is 209 Å². The van der Waals surface area contributed by atoms with Gasteiger partial charge in [-0.3, -0.25) is 19.3 Å². The van der Waals surface area contributed by atoms with E-state index in [2.05, 4.69) is 10.2 Å². The highest BCUT2D eigenvalue weighted by molar-refractivity contribution is 6.21. The van der Waals surface area contributed by atoms with Crippen molar-refractivity contribution >= 4 is 29.1 Å². The van der Waals surface area contributed by atoms with E-state index in [0.717, 1.165) is 18.8 Å². The Bertz CT molecular complexity index is 1260. The van der Waals surface area contributed by atoms with E-state index < -0.39 is 0 Å². The zero-order chi connectivity index (χ0) is 25.1. The fourth-order valence-electron chi connectivity index (χ4n) is 4.48. The van der Waals surface area contributed by atoms with Crippen molar-refractivity contribution in [1.29, 1.82) is 0 Å². The van der Waals surface area contributed by atoms with E-state index in [-0.39, 0.29) is 24.3 Å². The summed E-state index contributed by atoms with van der Waals surface area (Å²) in [6.45, 7) is 5.39. The van der Waals surface area contributed by atoms with E-state index in [1.807, 2.05) is 31.2 Å². The minimum Gasteiger partial charge on any atom is -0.493 e. The SMILES string of the molecule is CCOc1ccc(CN2C(=O)c3ccccc3C2=O)cc1C(=O)Nc1ccc(N2CCOCC2)cc1. The fraction of sp³-hybridized carbons (Fsp3) is 0.250. The predicted molar refractivity (Wildman–Crippen MR) is 136 cm³/mol. The molecule has 8 nitrogen and oxygen atoms in total. The number of hydrogen-bond donors (Lipinski definition) is 1. The predicted octanol–water partition coefficient (Wildman–Crippen LogP) is 3.97. The molecule has 1 saturated heterocycles. The van der Waals surface area contributed by atoms with Crippen molar-refractivity contribution in [3.63, 3.8) is 0 Å². The lowest BCUT2D eigenvalue weighted by Crippen LogP contribution is -2.36. The summed E-state index contributed by atoms with van der Waals surface area (Å²) >= 11 is 0. The molecule has 5 rings (SSSR count). The minimum absolute atomic E-state index is 0.0628. The minimum atomic E-state index is -0.337. The molecule has 0 bridgehead atoms. The molecule has 8 heteroatoms. The summed E-state index contributed by atoms with van der Waals surface area (Å²) in [4.78, 5) is 42.2. The van der Waals surface area contributed by atoms with Crippen molar-refractivity contribution in [1.82, 2.24) is 4.90 Å². The lowest BCUT2D eigenvalue weighted by atomic mass is 10.1. The Balaban J connectivity index is 1.33. The van der Waals surface area contributed by atoms with Crippen LogP contribution in [0.4, 0.5) is 11.4 Å². The molecule has 184 valence electrons. The number of carbonyl (C=O) groups is 3. The van der Waals surface area contributed by atoms with Gasteiger partial charge in [0.25, 0.3) is 17.7 Å². The molecule has 1 N–H and O–H groups in total. The lowest BCUT2D eigenvalue weighted by molar-refractivity contribution is 0.0642. The Morgan fingerprint density at radius 3 is 2.25 bits per heavy atom. The highest BCUT2D eigenvalue weighted by Crippen LogP contribution is 2.27. The molecule has 0 radical (unpaired) electrons. The second-order valence-electron chi connectivity index (χ2n) is 8.61. The molecule has 3 aromatic rings. The number of imide groups is 1. The molecule has 0 aromatic heterocycles. The first-order valence-corrected chi connectivity index (χ1v) is 12.0. The first-order valence-electron chi connectivity index (χ1n) is 12.0. The third-order valence-corrected chi connectivity index (χ3v) is 6.31. The van der Waals surface area contributed by atoms with Crippen LogP contribution in [0, 0.1) is 0 Å². The number of nitrogens with zero attached hydrogens (tertiary/aromatic N) is 2. The first kappa shape index (κ1) is 23.6. The highest BCUT2D eigenvalue weighted by Gasteiger charge is 2.35. The third-order valence-electron chi connectivity index (χ3n) is 6.31. The van der Waals surface area contributed by atoms with Crippen molar-refractivity contribution in [3.8, 4) is 5.75 Å². The second-order valence-corrected chi connectivity index (χ2v) is 8.61. The number of fused-ring (bicyclic) bond motifs is 1. The van der Waals surface area contributed by atoms with Gasteiger partial charge in [-0.1, -0.05) is 18.2 Å². The van der Waals surface area contributed by atoms with E-state index in [4.69, 9.17) is 9.47 Å². The molecule has 3 aromatic carbocycles. The number of amides is 3. The molecule has 0 spiro atoms. The summed E-state index contributed by atoms with van der Waals surface area (Å²) in [5, 5.41) is 2.93. The van der Waals surface area contributed by atoms with Crippen molar-refractivity contribution in [2.45, 2.75) is 13.5 Å². The summed E-state index contributed by atoms with van der Waals surface area (Å²) in [6.07, 6.45) is 0. The van der Waals surface area contributed by atoms with Crippen LogP contribution in [0.15, 0.2) is 66.7 Å². The van der Waals surface area contributed by atoms with Crippen LogP contribution >= 0.6 is 0 Å². The van der Waals surface area contributed by atoms with Gasteiger partial charge in [0.1, 0.15) is 5.75 Å². The number of hydrogen-bond acceptors (Lipinski definition) is 6. The van der Waals surface area contributed by atoms with Crippen LogP contribution in [0.1, 0.15) is 43.6 Å². The van der Waals surface area contributed by atoms with Crippen molar-refractivity contribution in [2.24, 2.45) is 0 Å². The molecule has 0 atom stereocenters. The van der Waals surface area contributed by atoms with Crippen LogP contribution in [0.3, 0.4) is 0 Å². The molecule has 2 heterocycles. The van der Waals surface area contributed by atoms with E-state index in [1.54, 1.807) is 42.5 Å². The lowest BCUT2D eigenvalue weighted by Gasteiger charge is -2.28. The Morgan fingerprint density at radius 2 is 1.61 bits per heavy atom. The van der Waals surface area contributed by atoms with Crippen LogP contribution < -0.4 is 15.0 Å². The first-order chi connectivity index (χ1) is 17.5. The third kappa shape index (κ3) is 4.67. The van der Waals surface area contributed by atoms with E-state index in [0.29, 0.717) is 53.5 Å². The number of ether oxygens (including phenoxy) is 2. The zero-order valence-electron chi connectivity index (χ0n) is 20.0. The number of nitrogens with one attached hydrogen (secondary N) is 1. The highest BCUT2D eigenvalue weighted by atomic mass is 16.5. The maximum Gasteiger partial charge on any atom is 0.261 e. The number of benzene rings is 3. The molecule has 0 saturated carbocycles. The van der Waals surface area contributed by atoms with Crippen LogP contribution in [0.5, 0.6) is 5.75 Å². The smallest absolute Gasteiger partial charge is 0.261 e. The van der Waals surface area contributed by atoms with Gasteiger partial charge in [-0.15, -0.1) is 0 Å². The summed E-state index contributed by atoms with van der Waals surface area (Å²) < 4.78 is 11.1. The van der Waals surface area contributed by atoms with Crippen LogP contribution in [0.25, 0.3) is 0 Å². The topological polar surface area (TPSA) is 88.2 Å². The van der Waals surface area contributed by atoms with Gasteiger partial charge in [0.2, 0.25) is 0 Å². The summed E-state index contributed by atoms with van der Waals surface area (Å²) in [6, 6.07) is 19.6. The summed E-state index contributed by atoms with van der Waals surface area (Å²) in [5.41, 5.74) is 3.52. The van der Waals surface area contributed by atoms with Crippen LogP contribution in [0.2, 0.25) is 0 Å². The van der Waals surface area contributed by atoms with Gasteiger partial charge in [0, 0.05) is 24.5 Å². The number of morpholine rings is 1. The maximum absolute atomic E-state index is 13.2. The second kappa shape index (κ2) is 10.2. The molecule has 0 unspecified atom stereocenters. The molecule has 3 amide bonds. The molecular formula is C28H27N3O5. The van der Waals surface area contributed by atoms with Gasteiger partial charge in [-0.2, -0.15) is 0 Å². The maximum atomic E-state index is 13.2. The van der Waals surface area contributed by atoms with Gasteiger partial charge in [-0.25, -0.2) is 0 Å². The zero-order valence-corrected chi connectivity index (χ0v) is 20.0. The number of anilines is 2. The molecule has 2 aliphatic rings. The standard InChI is InChI=1S/C28H27N3O5/c1-2-36-25-12-7-19(18-31-27(33)22-5-3-4-6-23(22)28(31)34)17-24(25)26(32)29-20-8-10-21(11-9-20)30-13-15-35-16-14-30/h3-12,17H,2,13-16,18H2,1H3,(H,29,32). The Morgan fingerprint density at radius 1 is 0.944 bits per heavy atom. The van der Waals surface area contributed by atoms with E-state index >= 15 is 0 Å². The Hall–Kier alpha value is -4.17. The van der Waals surface area contributed by atoms with Crippen molar-refractivity contribution in [3.05, 3.63) is 89.0 Å². The quantitative estimate of drug-likeness (QED) is 0.510. The molecule has 1 fully saturated rings. The average Bonchev–Trinajstić information content (AvgIpc) is 3.15. The van der Waals surface area contributed by atoms with Gasteiger partial charge < -0.3 is 19.7 Å². The van der Waals surface area contributed by atoms with Crippen molar-refractivity contribution < 1.29 is 23.9 Å². The molecule has 36 heavy (non-hydrogen) atoms. The van der Waals surface area contributed by atoms with Gasteiger partial charge in [0.15, 0.2) is 0 Å². The molecule has 2 aliphatic heterocycles. The van der Waals surface area contributed by atoms with Crippen molar-refractivity contribution in [2.75, 3.05) is 43.1 Å².